The van der Waals surface area contributed by atoms with Crippen LogP contribution in [0.4, 0.5) is 0 Å². The van der Waals surface area contributed by atoms with Crippen molar-refractivity contribution in [2.24, 2.45) is 0 Å². The molecule has 2 heterocycles. The van der Waals surface area contributed by atoms with Crippen molar-refractivity contribution in [3.05, 3.63) is 0 Å². The summed E-state index contributed by atoms with van der Waals surface area (Å²) in [5.41, 5.74) is 0. The maximum absolute atomic E-state index is 11.9. The lowest BCUT2D eigenvalue weighted by atomic mass is 10.1. The Morgan fingerprint density at radius 3 is 2.58 bits per heavy atom. The summed E-state index contributed by atoms with van der Waals surface area (Å²) in [4.78, 5) is 13.9. The van der Waals surface area contributed by atoms with Gasteiger partial charge in [0.15, 0.2) is 9.84 Å². The van der Waals surface area contributed by atoms with Gasteiger partial charge in [0, 0.05) is 32.1 Å². The Labute approximate surface area is 115 Å². The number of hydrogen-bond donors (Lipinski definition) is 1. The van der Waals surface area contributed by atoms with Gasteiger partial charge in [0.05, 0.1) is 11.5 Å². The molecule has 19 heavy (non-hydrogen) atoms. The molecule has 0 bridgehead atoms. The fourth-order valence-corrected chi connectivity index (χ4v) is 4.54. The first-order valence-corrected chi connectivity index (χ1v) is 9.10. The molecule has 2 aliphatic rings. The Morgan fingerprint density at radius 2 is 1.89 bits per heavy atom. The number of nitrogens with zero attached hydrogens (tertiary/aromatic N) is 1. The summed E-state index contributed by atoms with van der Waals surface area (Å²) in [7, 11) is -2.86. The molecular weight excluding hydrogens is 264 g/mol. The van der Waals surface area contributed by atoms with Crippen molar-refractivity contribution in [2.75, 3.05) is 31.1 Å². The normalized spacial score (nSPS) is 27.2. The van der Waals surface area contributed by atoms with Crippen molar-refractivity contribution in [3.63, 3.8) is 0 Å². The third-order valence-electron chi connectivity index (χ3n) is 3.94. The number of carbonyl (C=O) groups is 1. The minimum absolute atomic E-state index is 0.0351. The molecule has 0 saturated carbocycles. The van der Waals surface area contributed by atoms with Gasteiger partial charge in [-0.25, -0.2) is 8.42 Å². The van der Waals surface area contributed by atoms with E-state index in [9.17, 15) is 13.2 Å². The molecule has 1 amide bonds. The van der Waals surface area contributed by atoms with Gasteiger partial charge in [0.25, 0.3) is 0 Å². The number of piperidine rings is 1. The van der Waals surface area contributed by atoms with E-state index in [2.05, 4.69) is 5.32 Å². The van der Waals surface area contributed by atoms with Crippen molar-refractivity contribution in [3.8, 4) is 0 Å². The molecule has 0 aromatic rings. The molecule has 0 aliphatic carbocycles. The molecule has 2 aliphatic heterocycles. The Morgan fingerprint density at radius 1 is 1.16 bits per heavy atom. The summed E-state index contributed by atoms with van der Waals surface area (Å²) in [6.45, 7) is 2.36. The molecule has 0 spiro atoms. The number of amides is 1. The van der Waals surface area contributed by atoms with Crippen molar-refractivity contribution in [1.82, 2.24) is 10.2 Å². The minimum atomic E-state index is -2.86. The van der Waals surface area contributed by atoms with Gasteiger partial charge in [-0.05, 0) is 32.1 Å². The molecule has 0 radical (unpaired) electrons. The first-order valence-electron chi connectivity index (χ1n) is 7.28. The highest BCUT2D eigenvalue weighted by atomic mass is 32.2. The lowest BCUT2D eigenvalue weighted by molar-refractivity contribution is -0.131. The van der Waals surface area contributed by atoms with Gasteiger partial charge in [-0.15, -0.1) is 0 Å². The molecule has 2 rings (SSSR count). The highest BCUT2D eigenvalue weighted by Crippen LogP contribution is 2.12. The van der Waals surface area contributed by atoms with Gasteiger partial charge < -0.3 is 10.2 Å². The molecule has 110 valence electrons. The first-order chi connectivity index (χ1) is 9.07. The summed E-state index contributed by atoms with van der Waals surface area (Å²) in [5.74, 6) is 0.744. The molecule has 6 heteroatoms. The zero-order valence-electron chi connectivity index (χ0n) is 11.4. The van der Waals surface area contributed by atoms with Crippen LogP contribution in [0, 0.1) is 0 Å². The van der Waals surface area contributed by atoms with Crippen molar-refractivity contribution >= 4 is 15.7 Å². The number of likely N-dealkylation sites (tertiary alicyclic amines) is 1. The van der Waals surface area contributed by atoms with Gasteiger partial charge >= 0.3 is 0 Å². The van der Waals surface area contributed by atoms with Gasteiger partial charge in [0.2, 0.25) is 5.91 Å². The van der Waals surface area contributed by atoms with Gasteiger partial charge in [-0.1, -0.05) is 0 Å². The second-order valence-corrected chi connectivity index (χ2v) is 7.83. The third kappa shape index (κ3) is 4.76. The van der Waals surface area contributed by atoms with Gasteiger partial charge in [-0.3, -0.25) is 4.79 Å². The topological polar surface area (TPSA) is 66.5 Å². The number of hydrogen-bond acceptors (Lipinski definition) is 4. The Bertz CT molecular complexity index is 402. The van der Waals surface area contributed by atoms with Crippen LogP contribution in [0.25, 0.3) is 0 Å². The number of nitrogens with one attached hydrogen (secondary N) is 1. The molecule has 1 N–H and O–H groups in total. The van der Waals surface area contributed by atoms with E-state index in [1.807, 2.05) is 4.90 Å². The predicted octanol–water partition coefficient (Wildman–Crippen LogP) is 0.556. The quantitative estimate of drug-likeness (QED) is 0.820. The standard InChI is InChI=1S/C13H24N2O3S/c16-13(15-8-2-1-3-9-15)6-7-14-12-5-4-10-19(17,18)11-12/h12,14H,1-11H2. The Kier molecular flexibility index (Phi) is 5.21. The average Bonchev–Trinajstić information content (AvgIpc) is 2.38. The van der Waals surface area contributed by atoms with Crippen molar-refractivity contribution < 1.29 is 13.2 Å². The van der Waals surface area contributed by atoms with Crippen LogP contribution in [0.15, 0.2) is 0 Å². The first kappa shape index (κ1) is 14.8. The highest BCUT2D eigenvalue weighted by Gasteiger charge is 2.24. The van der Waals surface area contributed by atoms with Crippen LogP contribution < -0.4 is 5.32 Å². The lowest BCUT2D eigenvalue weighted by Crippen LogP contribution is -2.42. The summed E-state index contributed by atoms with van der Waals surface area (Å²) >= 11 is 0. The number of rotatable bonds is 4. The summed E-state index contributed by atoms with van der Waals surface area (Å²) in [6.07, 6.45) is 5.57. The van der Waals surface area contributed by atoms with Gasteiger partial charge in [-0.2, -0.15) is 0 Å². The second-order valence-electron chi connectivity index (χ2n) is 5.60. The monoisotopic (exact) mass is 288 g/mol. The molecule has 2 fully saturated rings. The summed E-state index contributed by atoms with van der Waals surface area (Å²) in [6, 6.07) is 0.0351. The fraction of sp³-hybridized carbons (Fsp3) is 0.923. The molecule has 0 aromatic heterocycles. The zero-order valence-corrected chi connectivity index (χ0v) is 12.3. The van der Waals surface area contributed by atoms with Crippen LogP contribution in [-0.4, -0.2) is 56.4 Å². The van der Waals surface area contributed by atoms with Crippen molar-refractivity contribution in [2.45, 2.75) is 44.6 Å². The SMILES string of the molecule is O=C(CCNC1CCCS(=O)(=O)C1)N1CCCCC1. The van der Waals surface area contributed by atoms with E-state index >= 15 is 0 Å². The van der Waals surface area contributed by atoms with Crippen LogP contribution in [-0.2, 0) is 14.6 Å². The van der Waals surface area contributed by atoms with E-state index in [4.69, 9.17) is 0 Å². The zero-order chi connectivity index (χ0) is 13.7. The summed E-state index contributed by atoms with van der Waals surface area (Å²) in [5, 5.41) is 3.22. The van der Waals surface area contributed by atoms with E-state index in [0.29, 0.717) is 18.7 Å². The molecule has 5 nitrogen and oxygen atoms in total. The van der Waals surface area contributed by atoms with Crippen LogP contribution >= 0.6 is 0 Å². The number of sulfone groups is 1. The van der Waals surface area contributed by atoms with Crippen LogP contribution in [0.2, 0.25) is 0 Å². The smallest absolute Gasteiger partial charge is 0.223 e. The molecular formula is C13H24N2O3S. The predicted molar refractivity (Wildman–Crippen MR) is 74.7 cm³/mol. The average molecular weight is 288 g/mol. The van der Waals surface area contributed by atoms with Crippen molar-refractivity contribution in [1.29, 1.82) is 0 Å². The molecule has 1 unspecified atom stereocenters. The second kappa shape index (κ2) is 6.70. The van der Waals surface area contributed by atoms with Crippen LogP contribution in [0.3, 0.4) is 0 Å². The third-order valence-corrected chi connectivity index (χ3v) is 5.76. The highest BCUT2D eigenvalue weighted by molar-refractivity contribution is 7.91. The van der Waals surface area contributed by atoms with E-state index in [1.165, 1.54) is 6.42 Å². The van der Waals surface area contributed by atoms with E-state index < -0.39 is 9.84 Å². The molecule has 1 atom stereocenters. The Balaban J connectivity index is 1.67. The largest absolute Gasteiger partial charge is 0.343 e. The Hall–Kier alpha value is -0.620. The van der Waals surface area contributed by atoms with Crippen LogP contribution in [0.5, 0.6) is 0 Å². The fourth-order valence-electron chi connectivity index (χ4n) is 2.87. The lowest BCUT2D eigenvalue weighted by Gasteiger charge is -2.27. The minimum Gasteiger partial charge on any atom is -0.343 e. The molecule has 0 aromatic carbocycles. The maximum Gasteiger partial charge on any atom is 0.223 e. The molecule has 2 saturated heterocycles. The van der Waals surface area contributed by atoms with Crippen LogP contribution in [0.1, 0.15) is 38.5 Å². The van der Waals surface area contributed by atoms with E-state index in [0.717, 1.165) is 38.8 Å². The summed E-state index contributed by atoms with van der Waals surface area (Å²) < 4.78 is 23.0. The number of carbonyl (C=O) groups excluding carboxylic acids is 1. The van der Waals surface area contributed by atoms with E-state index in [1.54, 1.807) is 0 Å². The van der Waals surface area contributed by atoms with E-state index in [-0.39, 0.29) is 17.7 Å². The maximum atomic E-state index is 11.9. The van der Waals surface area contributed by atoms with Gasteiger partial charge in [0.1, 0.15) is 0 Å².